The number of aliphatic hydroxyl groups is 1. The summed E-state index contributed by atoms with van der Waals surface area (Å²) in [5.74, 6) is 0. The van der Waals surface area contributed by atoms with E-state index in [1.54, 1.807) is 0 Å². The van der Waals surface area contributed by atoms with Crippen LogP contribution in [0.1, 0.15) is 17.5 Å². The first kappa shape index (κ1) is 16.0. The Morgan fingerprint density at radius 2 is 1.76 bits per heavy atom. The quantitative estimate of drug-likeness (QED) is 0.879. The summed E-state index contributed by atoms with van der Waals surface area (Å²) >= 11 is 6.10. The Hall–Kier alpha value is -1.35. The van der Waals surface area contributed by atoms with Crippen molar-refractivity contribution in [2.45, 2.75) is 18.4 Å². The van der Waals surface area contributed by atoms with Crippen LogP contribution in [-0.2, 0) is 12.0 Å². The lowest BCUT2D eigenvalue weighted by atomic mass is 9.84. The van der Waals surface area contributed by atoms with Gasteiger partial charge in [0.25, 0.3) is 0 Å². The van der Waals surface area contributed by atoms with Gasteiger partial charge in [0.2, 0.25) is 0 Å². The lowest BCUT2D eigenvalue weighted by molar-refractivity contribution is 0.0212. The predicted molar refractivity (Wildman–Crippen MR) is 88.7 cm³/mol. The molecule has 0 saturated heterocycles. The Morgan fingerprint density at radius 1 is 1.05 bits per heavy atom. The molecule has 21 heavy (non-hydrogen) atoms. The van der Waals surface area contributed by atoms with Gasteiger partial charge in [-0.25, -0.2) is 0 Å². The van der Waals surface area contributed by atoms with Crippen LogP contribution in [0.3, 0.4) is 0 Å². The van der Waals surface area contributed by atoms with Crippen LogP contribution in [0.4, 0.5) is 0 Å². The molecule has 0 unspecified atom stereocenters. The fourth-order valence-electron chi connectivity index (χ4n) is 2.45. The van der Waals surface area contributed by atoms with Crippen molar-refractivity contribution in [1.82, 2.24) is 4.90 Å². The molecule has 2 rings (SSSR count). The van der Waals surface area contributed by atoms with E-state index < -0.39 is 5.60 Å². The highest BCUT2D eigenvalue weighted by Gasteiger charge is 2.29. The van der Waals surface area contributed by atoms with Crippen molar-refractivity contribution < 1.29 is 5.11 Å². The van der Waals surface area contributed by atoms with Gasteiger partial charge < -0.3 is 10.0 Å². The fraction of sp³-hybridized carbons (Fsp3) is 0.333. The molecule has 0 aliphatic heterocycles. The molecule has 112 valence electrons. The molecule has 0 spiro atoms. The zero-order valence-corrected chi connectivity index (χ0v) is 13.3. The van der Waals surface area contributed by atoms with Gasteiger partial charge in [-0.2, -0.15) is 0 Å². The van der Waals surface area contributed by atoms with E-state index in [0.717, 1.165) is 17.7 Å². The number of halogens is 1. The summed E-state index contributed by atoms with van der Waals surface area (Å²) < 4.78 is 0. The van der Waals surface area contributed by atoms with Gasteiger partial charge in [-0.15, -0.1) is 0 Å². The second-order valence-corrected chi connectivity index (χ2v) is 6.19. The molecule has 0 aliphatic carbocycles. The zero-order chi connectivity index (χ0) is 15.3. The predicted octanol–water partition coefficient (Wildman–Crippen LogP) is 3.72. The average molecular weight is 304 g/mol. The molecule has 0 radical (unpaired) electrons. The summed E-state index contributed by atoms with van der Waals surface area (Å²) in [7, 11) is 4.03. The highest BCUT2D eigenvalue weighted by Crippen LogP contribution is 2.31. The fourth-order valence-corrected chi connectivity index (χ4v) is 2.65. The molecule has 0 heterocycles. The molecule has 1 N–H and O–H groups in total. The Labute approximate surface area is 132 Å². The molecule has 2 aromatic rings. The van der Waals surface area contributed by atoms with Crippen LogP contribution in [0.15, 0.2) is 54.6 Å². The van der Waals surface area contributed by atoms with Gasteiger partial charge in [-0.05, 0) is 43.8 Å². The van der Waals surface area contributed by atoms with Crippen LogP contribution in [0.5, 0.6) is 0 Å². The molecular weight excluding hydrogens is 282 g/mol. The number of hydrogen-bond donors (Lipinski definition) is 1. The van der Waals surface area contributed by atoms with Crippen molar-refractivity contribution in [1.29, 1.82) is 0 Å². The Morgan fingerprint density at radius 3 is 2.38 bits per heavy atom. The van der Waals surface area contributed by atoms with Crippen molar-refractivity contribution in [3.63, 3.8) is 0 Å². The van der Waals surface area contributed by atoms with E-state index in [0.29, 0.717) is 17.9 Å². The van der Waals surface area contributed by atoms with Crippen molar-refractivity contribution in [3.8, 4) is 0 Å². The monoisotopic (exact) mass is 303 g/mol. The largest absolute Gasteiger partial charge is 0.385 e. The van der Waals surface area contributed by atoms with Crippen LogP contribution >= 0.6 is 11.6 Å². The van der Waals surface area contributed by atoms with Gasteiger partial charge in [0.1, 0.15) is 0 Å². The van der Waals surface area contributed by atoms with Gasteiger partial charge >= 0.3 is 0 Å². The SMILES string of the molecule is CN(C)CC[C@@](O)(Cc1ccccc1)c1cccc(Cl)c1. The van der Waals surface area contributed by atoms with Crippen molar-refractivity contribution in [2.75, 3.05) is 20.6 Å². The molecule has 0 aliphatic rings. The second kappa shape index (κ2) is 7.08. The maximum Gasteiger partial charge on any atom is 0.0949 e. The van der Waals surface area contributed by atoms with Crippen molar-refractivity contribution >= 4 is 11.6 Å². The Balaban J connectivity index is 2.29. The summed E-state index contributed by atoms with van der Waals surface area (Å²) in [6.45, 7) is 0.815. The van der Waals surface area contributed by atoms with Crippen LogP contribution in [0.2, 0.25) is 5.02 Å². The van der Waals surface area contributed by atoms with Gasteiger partial charge in [0, 0.05) is 18.0 Å². The Bertz CT molecular complexity index is 570. The summed E-state index contributed by atoms with van der Waals surface area (Å²) in [6, 6.07) is 17.6. The molecule has 1 atom stereocenters. The first-order valence-electron chi connectivity index (χ1n) is 7.17. The van der Waals surface area contributed by atoms with E-state index in [1.165, 1.54) is 0 Å². The third-order valence-corrected chi connectivity index (χ3v) is 3.91. The topological polar surface area (TPSA) is 23.5 Å². The minimum atomic E-state index is -0.906. The Kier molecular flexibility index (Phi) is 5.40. The number of nitrogens with zero attached hydrogens (tertiary/aromatic N) is 1. The van der Waals surface area contributed by atoms with E-state index in [4.69, 9.17) is 11.6 Å². The maximum absolute atomic E-state index is 11.2. The number of hydrogen-bond acceptors (Lipinski definition) is 2. The minimum Gasteiger partial charge on any atom is -0.385 e. The van der Waals surface area contributed by atoms with Crippen LogP contribution in [0.25, 0.3) is 0 Å². The third kappa shape index (κ3) is 4.57. The van der Waals surface area contributed by atoms with Gasteiger partial charge in [-0.1, -0.05) is 54.1 Å². The van der Waals surface area contributed by atoms with E-state index in [-0.39, 0.29) is 0 Å². The molecular formula is C18H22ClNO. The van der Waals surface area contributed by atoms with Crippen molar-refractivity contribution in [2.24, 2.45) is 0 Å². The second-order valence-electron chi connectivity index (χ2n) is 5.76. The maximum atomic E-state index is 11.2. The first-order valence-corrected chi connectivity index (χ1v) is 7.54. The molecule has 0 bridgehead atoms. The molecule has 2 aromatic carbocycles. The number of rotatable bonds is 6. The summed E-state index contributed by atoms with van der Waals surface area (Å²) in [5, 5.41) is 11.9. The normalized spacial score (nSPS) is 14.1. The summed E-state index contributed by atoms with van der Waals surface area (Å²) in [5.41, 5.74) is 1.09. The van der Waals surface area contributed by atoms with E-state index in [1.807, 2.05) is 68.7 Å². The van der Waals surface area contributed by atoms with Gasteiger partial charge in [0.15, 0.2) is 0 Å². The molecule has 0 amide bonds. The smallest absolute Gasteiger partial charge is 0.0949 e. The highest BCUT2D eigenvalue weighted by atomic mass is 35.5. The van der Waals surface area contributed by atoms with Gasteiger partial charge in [0.05, 0.1) is 5.60 Å². The van der Waals surface area contributed by atoms with E-state index in [9.17, 15) is 5.11 Å². The molecule has 0 aromatic heterocycles. The zero-order valence-electron chi connectivity index (χ0n) is 12.6. The molecule has 2 nitrogen and oxygen atoms in total. The van der Waals surface area contributed by atoms with E-state index in [2.05, 4.69) is 4.90 Å². The number of benzene rings is 2. The molecule has 3 heteroatoms. The van der Waals surface area contributed by atoms with Crippen LogP contribution in [-0.4, -0.2) is 30.6 Å². The highest BCUT2D eigenvalue weighted by molar-refractivity contribution is 6.30. The first-order chi connectivity index (χ1) is 9.99. The standard InChI is InChI=1S/C18H22ClNO/c1-20(2)12-11-18(21,14-15-7-4-3-5-8-15)16-9-6-10-17(19)13-16/h3-10,13,21H,11-12,14H2,1-2H3/t18-/m1/s1. The van der Waals surface area contributed by atoms with Crippen LogP contribution < -0.4 is 0 Å². The summed E-state index contributed by atoms with van der Waals surface area (Å²) in [6.07, 6.45) is 1.25. The van der Waals surface area contributed by atoms with Gasteiger partial charge in [-0.3, -0.25) is 0 Å². The van der Waals surface area contributed by atoms with Crippen LogP contribution in [0, 0.1) is 0 Å². The lowest BCUT2D eigenvalue weighted by Crippen LogP contribution is -2.32. The van der Waals surface area contributed by atoms with E-state index >= 15 is 0 Å². The molecule has 0 fully saturated rings. The van der Waals surface area contributed by atoms with Crippen molar-refractivity contribution in [3.05, 3.63) is 70.7 Å². The molecule has 0 saturated carbocycles. The minimum absolute atomic E-state index is 0.585. The summed E-state index contributed by atoms with van der Waals surface area (Å²) in [4.78, 5) is 2.08. The third-order valence-electron chi connectivity index (χ3n) is 3.67. The average Bonchev–Trinajstić information content (AvgIpc) is 2.46. The lowest BCUT2D eigenvalue weighted by Gasteiger charge is -2.30.